The summed E-state index contributed by atoms with van der Waals surface area (Å²) in [5.41, 5.74) is 0. The van der Waals surface area contributed by atoms with Gasteiger partial charge in [0.15, 0.2) is 0 Å². The maximum Gasteiger partial charge on any atom is 0.317 e. The van der Waals surface area contributed by atoms with E-state index in [1.807, 2.05) is 0 Å². The fourth-order valence-electron chi connectivity index (χ4n) is 2.54. The second-order valence-electron chi connectivity index (χ2n) is 5.29. The first-order valence-electron chi connectivity index (χ1n) is 7.56. The quantitative estimate of drug-likeness (QED) is 0.738. The zero-order valence-corrected chi connectivity index (χ0v) is 12.6. The molecule has 1 unspecified atom stereocenters. The van der Waals surface area contributed by atoms with Crippen molar-refractivity contribution < 1.29 is 14.7 Å². The Labute approximate surface area is 121 Å². The molecular formula is C14H27N3O3. The molecule has 1 rings (SSSR count). The van der Waals surface area contributed by atoms with Gasteiger partial charge in [-0.05, 0) is 32.4 Å². The van der Waals surface area contributed by atoms with E-state index in [9.17, 15) is 9.59 Å². The highest BCUT2D eigenvalue weighted by Crippen LogP contribution is 2.16. The predicted molar refractivity (Wildman–Crippen MR) is 77.7 cm³/mol. The van der Waals surface area contributed by atoms with Crippen LogP contribution in [0.15, 0.2) is 0 Å². The monoisotopic (exact) mass is 285 g/mol. The van der Waals surface area contributed by atoms with E-state index in [1.54, 1.807) is 4.90 Å². The van der Waals surface area contributed by atoms with Gasteiger partial charge in [0.05, 0.1) is 5.92 Å². The van der Waals surface area contributed by atoms with Crippen molar-refractivity contribution in [2.24, 2.45) is 5.92 Å². The number of nitrogens with one attached hydrogen (secondary N) is 1. The number of carbonyl (C=O) groups excluding carboxylic acids is 1. The lowest BCUT2D eigenvalue weighted by atomic mass is 9.99. The predicted octanol–water partition coefficient (Wildman–Crippen LogP) is 1.22. The van der Waals surface area contributed by atoms with Crippen molar-refractivity contribution in [3.8, 4) is 0 Å². The van der Waals surface area contributed by atoms with Gasteiger partial charge in [0.2, 0.25) is 0 Å². The van der Waals surface area contributed by atoms with Crippen LogP contribution in [-0.4, -0.2) is 66.2 Å². The van der Waals surface area contributed by atoms with Crippen LogP contribution < -0.4 is 5.32 Å². The Hall–Kier alpha value is -1.30. The molecule has 0 aliphatic carbocycles. The van der Waals surface area contributed by atoms with Crippen molar-refractivity contribution in [3.63, 3.8) is 0 Å². The molecule has 6 nitrogen and oxygen atoms in total. The molecule has 1 saturated heterocycles. The molecule has 1 aliphatic heterocycles. The number of hydrogen-bond donors (Lipinski definition) is 2. The molecule has 6 heteroatoms. The van der Waals surface area contributed by atoms with Gasteiger partial charge < -0.3 is 20.2 Å². The average Bonchev–Trinajstić information content (AvgIpc) is 2.46. The molecular weight excluding hydrogens is 258 g/mol. The van der Waals surface area contributed by atoms with E-state index in [0.29, 0.717) is 26.1 Å². The summed E-state index contributed by atoms with van der Waals surface area (Å²) in [6.45, 7) is 8.70. The van der Waals surface area contributed by atoms with E-state index in [4.69, 9.17) is 5.11 Å². The van der Waals surface area contributed by atoms with Crippen molar-refractivity contribution >= 4 is 12.0 Å². The summed E-state index contributed by atoms with van der Waals surface area (Å²) in [6.07, 6.45) is 2.54. The van der Waals surface area contributed by atoms with Crippen molar-refractivity contribution in [2.75, 3.05) is 39.3 Å². The van der Waals surface area contributed by atoms with Crippen LogP contribution in [0, 0.1) is 5.92 Å². The molecule has 1 atom stereocenters. The minimum Gasteiger partial charge on any atom is -0.481 e. The molecule has 2 N–H and O–H groups in total. The average molecular weight is 285 g/mol. The van der Waals surface area contributed by atoms with Gasteiger partial charge in [-0.25, -0.2) is 4.79 Å². The summed E-state index contributed by atoms with van der Waals surface area (Å²) in [7, 11) is 0. The summed E-state index contributed by atoms with van der Waals surface area (Å²) >= 11 is 0. The first kappa shape index (κ1) is 16.8. The van der Waals surface area contributed by atoms with Crippen molar-refractivity contribution in [3.05, 3.63) is 0 Å². The largest absolute Gasteiger partial charge is 0.481 e. The third-order valence-electron chi connectivity index (χ3n) is 3.75. The van der Waals surface area contributed by atoms with Gasteiger partial charge in [-0.2, -0.15) is 0 Å². The van der Waals surface area contributed by atoms with E-state index in [0.717, 1.165) is 32.5 Å². The highest BCUT2D eigenvalue weighted by Gasteiger charge is 2.27. The van der Waals surface area contributed by atoms with Gasteiger partial charge in [-0.1, -0.05) is 13.8 Å². The topological polar surface area (TPSA) is 72.9 Å². The number of carboxylic acids is 1. The number of aliphatic carboxylic acids is 1. The third kappa shape index (κ3) is 5.36. The number of urea groups is 1. The zero-order valence-electron chi connectivity index (χ0n) is 12.6. The molecule has 1 aliphatic rings. The van der Waals surface area contributed by atoms with Crippen LogP contribution in [0.25, 0.3) is 0 Å². The Morgan fingerprint density at radius 1 is 1.35 bits per heavy atom. The zero-order chi connectivity index (χ0) is 15.0. The number of carbonyl (C=O) groups is 2. The Morgan fingerprint density at radius 3 is 2.70 bits per heavy atom. The van der Waals surface area contributed by atoms with Crippen molar-refractivity contribution in [1.29, 1.82) is 0 Å². The molecule has 2 amide bonds. The van der Waals surface area contributed by atoms with Crippen LogP contribution in [0.3, 0.4) is 0 Å². The molecule has 0 aromatic carbocycles. The molecule has 116 valence electrons. The lowest BCUT2D eigenvalue weighted by Gasteiger charge is -2.31. The molecule has 0 aromatic heterocycles. The molecule has 0 radical (unpaired) electrons. The smallest absolute Gasteiger partial charge is 0.317 e. The third-order valence-corrected chi connectivity index (χ3v) is 3.75. The standard InChI is InChI=1S/C14H27N3O3/c1-3-8-16(4-2)10-7-15-14(20)17-9-5-6-12(11-17)13(18)19/h12H,3-11H2,1-2H3,(H,15,20)(H,18,19). The molecule has 1 heterocycles. The Morgan fingerprint density at radius 2 is 2.10 bits per heavy atom. The Kier molecular flexibility index (Phi) is 7.36. The van der Waals surface area contributed by atoms with Gasteiger partial charge in [-0.15, -0.1) is 0 Å². The molecule has 0 saturated carbocycles. The maximum atomic E-state index is 12.0. The highest BCUT2D eigenvalue weighted by molar-refractivity contribution is 5.76. The van der Waals surface area contributed by atoms with E-state index in [1.165, 1.54) is 0 Å². The molecule has 20 heavy (non-hydrogen) atoms. The number of likely N-dealkylation sites (N-methyl/N-ethyl adjacent to an activating group) is 1. The van der Waals surface area contributed by atoms with Gasteiger partial charge >= 0.3 is 12.0 Å². The number of hydrogen-bond acceptors (Lipinski definition) is 3. The SMILES string of the molecule is CCCN(CC)CCNC(=O)N1CCCC(C(=O)O)C1. The van der Waals surface area contributed by atoms with Crippen LogP contribution in [0.5, 0.6) is 0 Å². The van der Waals surface area contributed by atoms with Gasteiger partial charge in [-0.3, -0.25) is 4.79 Å². The normalized spacial score (nSPS) is 19.1. The van der Waals surface area contributed by atoms with Gasteiger partial charge in [0.1, 0.15) is 0 Å². The number of carboxylic acid groups (broad SMARTS) is 1. The van der Waals surface area contributed by atoms with E-state index < -0.39 is 11.9 Å². The Bertz CT molecular complexity index is 323. The number of likely N-dealkylation sites (tertiary alicyclic amines) is 1. The number of rotatable bonds is 7. The van der Waals surface area contributed by atoms with Crippen LogP contribution in [-0.2, 0) is 4.79 Å². The summed E-state index contributed by atoms with van der Waals surface area (Å²) in [5, 5.41) is 11.9. The summed E-state index contributed by atoms with van der Waals surface area (Å²) in [4.78, 5) is 26.9. The first-order chi connectivity index (χ1) is 9.58. The number of piperidine rings is 1. The van der Waals surface area contributed by atoms with E-state index in [2.05, 4.69) is 24.1 Å². The lowest BCUT2D eigenvalue weighted by Crippen LogP contribution is -2.48. The van der Waals surface area contributed by atoms with Crippen molar-refractivity contribution in [1.82, 2.24) is 15.1 Å². The lowest BCUT2D eigenvalue weighted by molar-refractivity contribution is -0.143. The maximum absolute atomic E-state index is 12.0. The number of amides is 2. The van der Waals surface area contributed by atoms with Gasteiger partial charge in [0.25, 0.3) is 0 Å². The van der Waals surface area contributed by atoms with Crippen LogP contribution >= 0.6 is 0 Å². The van der Waals surface area contributed by atoms with Gasteiger partial charge in [0, 0.05) is 26.2 Å². The fraction of sp³-hybridized carbons (Fsp3) is 0.857. The Balaban J connectivity index is 2.29. The second kappa shape index (κ2) is 8.79. The van der Waals surface area contributed by atoms with Crippen molar-refractivity contribution in [2.45, 2.75) is 33.1 Å². The molecule has 0 bridgehead atoms. The van der Waals surface area contributed by atoms with Crippen LogP contribution in [0.1, 0.15) is 33.1 Å². The fourth-order valence-corrected chi connectivity index (χ4v) is 2.54. The second-order valence-corrected chi connectivity index (χ2v) is 5.29. The first-order valence-corrected chi connectivity index (χ1v) is 7.56. The summed E-state index contributed by atoms with van der Waals surface area (Å²) in [5.74, 6) is -1.22. The highest BCUT2D eigenvalue weighted by atomic mass is 16.4. The molecule has 1 fully saturated rings. The molecule has 0 spiro atoms. The summed E-state index contributed by atoms with van der Waals surface area (Å²) < 4.78 is 0. The van der Waals surface area contributed by atoms with Crippen LogP contribution in [0.2, 0.25) is 0 Å². The van der Waals surface area contributed by atoms with E-state index >= 15 is 0 Å². The van der Waals surface area contributed by atoms with E-state index in [-0.39, 0.29) is 6.03 Å². The van der Waals surface area contributed by atoms with Crippen LogP contribution in [0.4, 0.5) is 4.79 Å². The molecule has 0 aromatic rings. The minimum atomic E-state index is -0.803. The number of nitrogens with zero attached hydrogens (tertiary/aromatic N) is 2. The summed E-state index contributed by atoms with van der Waals surface area (Å²) in [6, 6.07) is -0.136. The minimum absolute atomic E-state index is 0.136.